The van der Waals surface area contributed by atoms with E-state index in [1.807, 2.05) is 18.4 Å². The lowest BCUT2D eigenvalue weighted by atomic mass is 10.2. The predicted molar refractivity (Wildman–Crippen MR) is 123 cm³/mol. The van der Waals surface area contributed by atoms with Gasteiger partial charge < -0.3 is 10.0 Å². The number of rotatable bonds is 6. The van der Waals surface area contributed by atoms with Crippen molar-refractivity contribution >= 4 is 34.8 Å². The Morgan fingerprint density at radius 2 is 1.93 bits per heavy atom. The van der Waals surface area contributed by atoms with Crippen molar-refractivity contribution in [3.8, 4) is 0 Å². The van der Waals surface area contributed by atoms with Crippen LogP contribution in [0.1, 0.15) is 24.0 Å². The predicted octanol–water partition coefficient (Wildman–Crippen LogP) is 6.03. The first-order chi connectivity index (χ1) is 14.2. The molecule has 0 atom stereocenters. The van der Waals surface area contributed by atoms with Crippen LogP contribution in [0.25, 0.3) is 0 Å². The molecule has 2 aromatic carbocycles. The van der Waals surface area contributed by atoms with Crippen LogP contribution in [0.4, 0.5) is 15.9 Å². The lowest BCUT2D eigenvalue weighted by molar-refractivity contribution is 0.331. The molecule has 4 rings (SSSR count). The summed E-state index contributed by atoms with van der Waals surface area (Å²) in [5.41, 5.74) is 4.99. The quantitative estimate of drug-likeness (QED) is 0.467. The molecule has 0 bridgehead atoms. The molecule has 3 aromatic rings. The Kier molecular flexibility index (Phi) is 8.34. The molecule has 0 unspecified atom stereocenters. The van der Waals surface area contributed by atoms with E-state index in [1.165, 1.54) is 60.8 Å². The summed E-state index contributed by atoms with van der Waals surface area (Å²) in [6.07, 6.45) is 2.76. The van der Waals surface area contributed by atoms with Gasteiger partial charge in [0.05, 0.1) is 10.4 Å². The first-order valence-corrected chi connectivity index (χ1v) is 11.5. The average molecular weight is 431 g/mol. The summed E-state index contributed by atoms with van der Waals surface area (Å²) in [5.74, 6) is 0.502. The SMILES string of the molecule is CNc1cc(F)c(SNc2cscn2)cc1C.c1ccc(CN2CCCC2)cc1. The summed E-state index contributed by atoms with van der Waals surface area (Å²) < 4.78 is 16.7. The lowest BCUT2D eigenvalue weighted by Crippen LogP contribution is -2.18. The zero-order valence-corrected chi connectivity index (χ0v) is 18.5. The number of nitrogens with one attached hydrogen (secondary N) is 2. The van der Waals surface area contributed by atoms with E-state index < -0.39 is 0 Å². The summed E-state index contributed by atoms with van der Waals surface area (Å²) in [4.78, 5) is 7.16. The zero-order valence-electron chi connectivity index (χ0n) is 16.8. The van der Waals surface area contributed by atoms with Gasteiger partial charge in [-0.3, -0.25) is 4.90 Å². The van der Waals surface area contributed by atoms with Crippen molar-refractivity contribution in [2.75, 3.05) is 30.2 Å². The summed E-state index contributed by atoms with van der Waals surface area (Å²) >= 11 is 2.73. The number of anilines is 2. The highest BCUT2D eigenvalue weighted by Gasteiger charge is 2.11. The molecule has 7 heteroatoms. The van der Waals surface area contributed by atoms with Crippen LogP contribution in [0.5, 0.6) is 0 Å². The van der Waals surface area contributed by atoms with Crippen molar-refractivity contribution in [2.45, 2.75) is 31.2 Å². The molecular weight excluding hydrogens is 403 g/mol. The topological polar surface area (TPSA) is 40.2 Å². The maximum atomic E-state index is 13.7. The Bertz CT molecular complexity index is 866. The second kappa shape index (κ2) is 11.2. The van der Waals surface area contributed by atoms with Crippen molar-refractivity contribution in [3.05, 3.63) is 70.3 Å². The Morgan fingerprint density at radius 3 is 2.59 bits per heavy atom. The van der Waals surface area contributed by atoms with E-state index in [-0.39, 0.29) is 5.82 Å². The van der Waals surface area contributed by atoms with Crippen LogP contribution in [0.2, 0.25) is 0 Å². The molecule has 2 N–H and O–H groups in total. The largest absolute Gasteiger partial charge is 0.388 e. The van der Waals surface area contributed by atoms with Gasteiger partial charge in [-0.15, -0.1) is 11.3 Å². The molecule has 0 spiro atoms. The van der Waals surface area contributed by atoms with E-state index in [4.69, 9.17) is 0 Å². The van der Waals surface area contributed by atoms with E-state index in [1.54, 1.807) is 12.6 Å². The number of halogens is 1. The van der Waals surface area contributed by atoms with E-state index in [0.29, 0.717) is 4.90 Å². The monoisotopic (exact) mass is 430 g/mol. The molecule has 1 aliphatic heterocycles. The smallest absolute Gasteiger partial charge is 0.147 e. The normalized spacial score (nSPS) is 13.6. The number of hydrogen-bond donors (Lipinski definition) is 2. The van der Waals surface area contributed by atoms with Gasteiger partial charge in [0.15, 0.2) is 0 Å². The minimum atomic E-state index is -0.243. The Labute approximate surface area is 180 Å². The van der Waals surface area contributed by atoms with Crippen LogP contribution in [-0.2, 0) is 6.54 Å². The van der Waals surface area contributed by atoms with E-state index in [9.17, 15) is 4.39 Å². The summed E-state index contributed by atoms with van der Waals surface area (Å²) in [5, 5.41) is 4.83. The van der Waals surface area contributed by atoms with Crippen molar-refractivity contribution in [1.29, 1.82) is 0 Å². The molecule has 154 valence electrons. The molecule has 0 radical (unpaired) electrons. The van der Waals surface area contributed by atoms with Gasteiger partial charge in [-0.05, 0) is 68.1 Å². The first-order valence-electron chi connectivity index (χ1n) is 9.71. The fraction of sp³-hybridized carbons (Fsp3) is 0.318. The van der Waals surface area contributed by atoms with E-state index in [0.717, 1.165) is 23.6 Å². The maximum Gasteiger partial charge on any atom is 0.147 e. The average Bonchev–Trinajstić information content (AvgIpc) is 3.44. The molecule has 1 aromatic heterocycles. The van der Waals surface area contributed by atoms with Crippen LogP contribution < -0.4 is 10.0 Å². The molecule has 0 saturated carbocycles. The molecular formula is C22H27FN4S2. The Morgan fingerprint density at radius 1 is 1.17 bits per heavy atom. The molecule has 4 nitrogen and oxygen atoms in total. The number of nitrogens with zero attached hydrogens (tertiary/aromatic N) is 2. The number of likely N-dealkylation sites (tertiary alicyclic amines) is 1. The molecule has 29 heavy (non-hydrogen) atoms. The molecule has 2 heterocycles. The zero-order chi connectivity index (χ0) is 20.5. The number of hydrogen-bond acceptors (Lipinski definition) is 6. The summed E-state index contributed by atoms with van der Waals surface area (Å²) in [7, 11) is 1.78. The third kappa shape index (κ3) is 6.73. The van der Waals surface area contributed by atoms with Gasteiger partial charge in [-0.25, -0.2) is 9.37 Å². The van der Waals surface area contributed by atoms with Gasteiger partial charge in [0, 0.05) is 24.7 Å². The highest BCUT2D eigenvalue weighted by Crippen LogP contribution is 2.28. The second-order valence-corrected chi connectivity index (χ2v) is 8.46. The molecule has 0 amide bonds. The lowest BCUT2D eigenvalue weighted by Gasteiger charge is -2.13. The van der Waals surface area contributed by atoms with Gasteiger partial charge >= 0.3 is 0 Å². The highest BCUT2D eigenvalue weighted by molar-refractivity contribution is 8.00. The van der Waals surface area contributed by atoms with Crippen LogP contribution in [0.15, 0.2) is 58.3 Å². The first kappa shape index (κ1) is 21.6. The minimum absolute atomic E-state index is 0.243. The molecule has 1 fully saturated rings. The van der Waals surface area contributed by atoms with Gasteiger partial charge in [-0.2, -0.15) is 0 Å². The van der Waals surface area contributed by atoms with Gasteiger partial charge in [0.1, 0.15) is 11.6 Å². The van der Waals surface area contributed by atoms with E-state index in [2.05, 4.69) is 50.3 Å². The minimum Gasteiger partial charge on any atom is -0.388 e. The fourth-order valence-corrected chi connectivity index (χ4v) is 4.43. The van der Waals surface area contributed by atoms with Gasteiger partial charge in [0.2, 0.25) is 0 Å². The van der Waals surface area contributed by atoms with Crippen molar-refractivity contribution in [3.63, 3.8) is 0 Å². The second-order valence-electron chi connectivity index (χ2n) is 6.89. The molecule has 0 aliphatic carbocycles. The van der Waals surface area contributed by atoms with Crippen LogP contribution in [0.3, 0.4) is 0 Å². The van der Waals surface area contributed by atoms with Crippen LogP contribution in [0, 0.1) is 12.7 Å². The fourth-order valence-electron chi connectivity index (χ4n) is 3.16. The number of aromatic nitrogens is 1. The standard InChI is InChI=1S/C11H12FN3S2.C11H15N/c1-7-3-10(8(12)4-9(7)13-2)17-15-11-5-16-6-14-11;1-2-6-11(7-3-1)10-12-8-4-5-9-12/h3-6,13,15H,1-2H3;1-3,6-7H,4-5,8-10H2. The van der Waals surface area contributed by atoms with Gasteiger partial charge in [0.25, 0.3) is 0 Å². The third-order valence-electron chi connectivity index (χ3n) is 4.69. The molecule has 1 aliphatic rings. The number of thiazole rings is 1. The number of aryl methyl sites for hydroxylation is 1. The summed E-state index contributed by atoms with van der Waals surface area (Å²) in [6.45, 7) is 5.66. The van der Waals surface area contributed by atoms with Crippen molar-refractivity contribution in [2.24, 2.45) is 0 Å². The summed E-state index contributed by atoms with van der Waals surface area (Å²) in [6, 6.07) is 14.0. The van der Waals surface area contributed by atoms with E-state index >= 15 is 0 Å². The van der Waals surface area contributed by atoms with Crippen molar-refractivity contribution < 1.29 is 4.39 Å². The van der Waals surface area contributed by atoms with Crippen LogP contribution in [-0.4, -0.2) is 30.0 Å². The highest BCUT2D eigenvalue weighted by atomic mass is 32.2. The Hall–Kier alpha value is -2.09. The Balaban J connectivity index is 0.000000176. The van der Waals surface area contributed by atoms with Crippen molar-refractivity contribution in [1.82, 2.24) is 9.88 Å². The maximum absolute atomic E-state index is 13.7. The third-order valence-corrected chi connectivity index (χ3v) is 6.12. The van der Waals surface area contributed by atoms with Gasteiger partial charge in [-0.1, -0.05) is 30.3 Å². The van der Waals surface area contributed by atoms with Crippen LogP contribution >= 0.6 is 23.3 Å². The number of benzene rings is 2. The molecule has 1 saturated heterocycles.